The average molecular weight is 380 g/mol. The summed E-state index contributed by atoms with van der Waals surface area (Å²) in [6.07, 6.45) is 1.49. The molecule has 0 saturated carbocycles. The van der Waals surface area contributed by atoms with Gasteiger partial charge in [0.1, 0.15) is 11.6 Å². The topological polar surface area (TPSA) is 56.1 Å². The third-order valence-electron chi connectivity index (χ3n) is 4.20. The lowest BCUT2D eigenvalue weighted by Gasteiger charge is -2.37. The molecule has 0 unspecified atom stereocenters. The van der Waals surface area contributed by atoms with Crippen LogP contribution in [-0.4, -0.2) is 58.2 Å². The molecule has 2 aliphatic heterocycles. The van der Waals surface area contributed by atoms with Gasteiger partial charge in [-0.25, -0.2) is 4.39 Å². The first-order chi connectivity index (χ1) is 12.4. The summed E-state index contributed by atoms with van der Waals surface area (Å²) in [7, 11) is 0. The molecule has 1 fully saturated rings. The molecule has 1 amide bonds. The molecule has 1 N–H and O–H groups in total. The minimum Gasteiger partial charge on any atom is -0.507 e. The first-order valence-electron chi connectivity index (χ1n) is 8.94. The second kappa shape index (κ2) is 9.19. The first kappa shape index (κ1) is 20.5. The highest BCUT2D eigenvalue weighted by Crippen LogP contribution is 2.32. The highest BCUT2D eigenvalue weighted by atomic mass is 32.2. The molecule has 5 nitrogen and oxygen atoms in total. The number of hydrogen-bond donors (Lipinski definition) is 1. The Hall–Kier alpha value is -1.86. The minimum absolute atomic E-state index is 0.0590. The predicted octanol–water partition coefficient (Wildman–Crippen LogP) is 3.55. The number of nitrogens with zero attached hydrogens (tertiary/aromatic N) is 3. The quantitative estimate of drug-likeness (QED) is 0.797. The van der Waals surface area contributed by atoms with Gasteiger partial charge < -0.3 is 10.0 Å². The summed E-state index contributed by atoms with van der Waals surface area (Å²) < 4.78 is 13.3. The number of piperazine rings is 1. The normalized spacial score (nSPS) is 19.6. The Kier molecular flexibility index (Phi) is 7.23. The Labute approximate surface area is 158 Å². The third kappa shape index (κ3) is 4.86. The van der Waals surface area contributed by atoms with Gasteiger partial charge in [0.25, 0.3) is 5.91 Å². The number of amidine groups is 1. The Bertz CT molecular complexity index is 711. The molecule has 1 aromatic rings. The standard InChI is InChI=1S/C17H20FN3O2S.C2H6/c1-11(2)20-5-7-21(8-6-20)17-19-16(23)15(24-17)10-12-9-13(18)3-4-14(12)22;1-2/h3-4,9-11,22H,5-8H2,1-2H3;1-2H3/b15-10-;. The van der Waals surface area contributed by atoms with E-state index < -0.39 is 5.82 Å². The van der Waals surface area contributed by atoms with Crippen LogP contribution in [0.4, 0.5) is 4.39 Å². The number of carbonyl (C=O) groups is 1. The highest BCUT2D eigenvalue weighted by molar-refractivity contribution is 8.18. The van der Waals surface area contributed by atoms with Crippen molar-refractivity contribution in [3.63, 3.8) is 0 Å². The van der Waals surface area contributed by atoms with Crippen molar-refractivity contribution in [1.29, 1.82) is 0 Å². The number of aromatic hydroxyl groups is 1. The van der Waals surface area contributed by atoms with Crippen LogP contribution in [0.2, 0.25) is 0 Å². The van der Waals surface area contributed by atoms with E-state index in [1.807, 2.05) is 13.8 Å². The van der Waals surface area contributed by atoms with Crippen molar-refractivity contribution in [2.45, 2.75) is 33.7 Å². The second-order valence-electron chi connectivity index (χ2n) is 6.13. The van der Waals surface area contributed by atoms with Crippen LogP contribution in [0.15, 0.2) is 28.1 Å². The van der Waals surface area contributed by atoms with Gasteiger partial charge in [0, 0.05) is 37.8 Å². The smallest absolute Gasteiger partial charge is 0.286 e. The largest absolute Gasteiger partial charge is 0.507 e. The maximum Gasteiger partial charge on any atom is 0.286 e. The van der Waals surface area contributed by atoms with E-state index >= 15 is 0 Å². The molecule has 1 aromatic carbocycles. The zero-order valence-electron chi connectivity index (χ0n) is 15.7. The van der Waals surface area contributed by atoms with Crippen LogP contribution in [0.3, 0.4) is 0 Å². The van der Waals surface area contributed by atoms with Gasteiger partial charge in [0.15, 0.2) is 5.17 Å². The van der Waals surface area contributed by atoms with E-state index in [9.17, 15) is 14.3 Å². The summed E-state index contributed by atoms with van der Waals surface area (Å²) in [6.45, 7) is 11.9. The lowest BCUT2D eigenvalue weighted by molar-refractivity contribution is -0.113. The van der Waals surface area contributed by atoms with E-state index in [2.05, 4.69) is 28.6 Å². The number of halogens is 1. The van der Waals surface area contributed by atoms with E-state index in [1.165, 1.54) is 36.0 Å². The first-order valence-corrected chi connectivity index (χ1v) is 9.76. The molecule has 1 saturated heterocycles. The Morgan fingerprint density at radius 1 is 1.23 bits per heavy atom. The highest BCUT2D eigenvalue weighted by Gasteiger charge is 2.29. The maximum atomic E-state index is 13.3. The SMILES string of the molecule is CC.CC(C)N1CCN(C2=NC(=O)/C(=C/c3cc(F)ccc3O)S2)CC1. The molecule has 0 aliphatic carbocycles. The molecule has 0 atom stereocenters. The van der Waals surface area contributed by atoms with Crippen LogP contribution in [0.25, 0.3) is 6.08 Å². The lowest BCUT2D eigenvalue weighted by Crippen LogP contribution is -2.49. The maximum absolute atomic E-state index is 13.3. The zero-order chi connectivity index (χ0) is 19.3. The summed E-state index contributed by atoms with van der Waals surface area (Å²) in [6, 6.07) is 4.17. The Balaban J connectivity index is 0.00000117. The fourth-order valence-corrected chi connectivity index (χ4v) is 3.70. The molecule has 7 heteroatoms. The van der Waals surface area contributed by atoms with Crippen LogP contribution < -0.4 is 0 Å². The number of thioether (sulfide) groups is 1. The van der Waals surface area contributed by atoms with Crippen molar-refractivity contribution in [2.24, 2.45) is 4.99 Å². The fraction of sp³-hybridized carbons (Fsp3) is 0.474. The van der Waals surface area contributed by atoms with Crippen LogP contribution in [0.5, 0.6) is 5.75 Å². The number of amides is 1. The molecular weight excluding hydrogens is 353 g/mol. The molecule has 0 aromatic heterocycles. The third-order valence-corrected chi connectivity index (χ3v) is 5.24. The number of aliphatic imine (C=N–C) groups is 1. The summed E-state index contributed by atoms with van der Waals surface area (Å²) in [4.78, 5) is 21.1. The summed E-state index contributed by atoms with van der Waals surface area (Å²) >= 11 is 1.28. The van der Waals surface area contributed by atoms with Gasteiger partial charge in [-0.3, -0.25) is 9.69 Å². The van der Waals surface area contributed by atoms with Crippen molar-refractivity contribution in [1.82, 2.24) is 9.80 Å². The lowest BCUT2D eigenvalue weighted by atomic mass is 10.2. The zero-order valence-corrected chi connectivity index (χ0v) is 16.5. The molecule has 3 rings (SSSR count). The molecule has 2 aliphatic rings. The Morgan fingerprint density at radius 3 is 2.50 bits per heavy atom. The van der Waals surface area contributed by atoms with Crippen molar-refractivity contribution in [3.05, 3.63) is 34.5 Å². The molecule has 142 valence electrons. The molecule has 26 heavy (non-hydrogen) atoms. The number of phenols is 1. The molecule has 0 bridgehead atoms. The van der Waals surface area contributed by atoms with E-state index in [-0.39, 0.29) is 17.2 Å². The Morgan fingerprint density at radius 2 is 1.88 bits per heavy atom. The molecular formula is C19H26FN3O2S. The van der Waals surface area contributed by atoms with E-state index in [0.29, 0.717) is 16.1 Å². The summed E-state index contributed by atoms with van der Waals surface area (Å²) in [5, 5.41) is 10.5. The van der Waals surface area contributed by atoms with E-state index in [4.69, 9.17) is 0 Å². The van der Waals surface area contributed by atoms with Gasteiger partial charge in [-0.15, -0.1) is 0 Å². The van der Waals surface area contributed by atoms with Crippen molar-refractivity contribution >= 4 is 28.9 Å². The van der Waals surface area contributed by atoms with Crippen molar-refractivity contribution < 1.29 is 14.3 Å². The average Bonchev–Trinajstić information content (AvgIpc) is 3.00. The fourth-order valence-electron chi connectivity index (χ4n) is 2.75. The van der Waals surface area contributed by atoms with Gasteiger partial charge in [0.05, 0.1) is 4.91 Å². The second-order valence-corrected chi connectivity index (χ2v) is 7.14. The van der Waals surface area contributed by atoms with Gasteiger partial charge in [-0.1, -0.05) is 13.8 Å². The molecule has 2 heterocycles. The van der Waals surface area contributed by atoms with Crippen LogP contribution in [-0.2, 0) is 4.79 Å². The summed E-state index contributed by atoms with van der Waals surface area (Å²) in [5.74, 6) is -0.859. The van der Waals surface area contributed by atoms with Crippen molar-refractivity contribution in [2.75, 3.05) is 26.2 Å². The number of phenolic OH excluding ortho intramolecular Hbond substituents is 1. The number of benzene rings is 1. The molecule has 0 spiro atoms. The van der Waals surface area contributed by atoms with E-state index in [0.717, 1.165) is 26.2 Å². The summed E-state index contributed by atoms with van der Waals surface area (Å²) in [5.41, 5.74) is 0.284. The van der Waals surface area contributed by atoms with Gasteiger partial charge >= 0.3 is 0 Å². The van der Waals surface area contributed by atoms with E-state index in [1.54, 1.807) is 0 Å². The molecule has 0 radical (unpaired) electrons. The van der Waals surface area contributed by atoms with Gasteiger partial charge in [-0.2, -0.15) is 4.99 Å². The van der Waals surface area contributed by atoms with Gasteiger partial charge in [-0.05, 0) is 49.9 Å². The predicted molar refractivity (Wildman–Crippen MR) is 106 cm³/mol. The minimum atomic E-state index is -0.457. The van der Waals surface area contributed by atoms with Crippen LogP contribution in [0.1, 0.15) is 33.3 Å². The van der Waals surface area contributed by atoms with Gasteiger partial charge in [0.2, 0.25) is 0 Å². The monoisotopic (exact) mass is 379 g/mol. The van der Waals surface area contributed by atoms with Crippen LogP contribution >= 0.6 is 11.8 Å². The number of hydrogen-bond acceptors (Lipinski definition) is 5. The van der Waals surface area contributed by atoms with Crippen molar-refractivity contribution in [3.8, 4) is 5.75 Å². The van der Waals surface area contributed by atoms with Crippen LogP contribution in [0, 0.1) is 5.82 Å². The number of carbonyl (C=O) groups excluding carboxylic acids is 1. The number of rotatable bonds is 2.